The number of nitrogens with zero attached hydrogens (tertiary/aromatic N) is 7. The molecular formula is C68H75F5N10O8. The summed E-state index contributed by atoms with van der Waals surface area (Å²) < 4.78 is 81.2. The van der Waals surface area contributed by atoms with Gasteiger partial charge in [-0.15, -0.1) is 0 Å². The van der Waals surface area contributed by atoms with Gasteiger partial charge in [0.15, 0.2) is 0 Å². The van der Waals surface area contributed by atoms with Crippen LogP contribution in [0.3, 0.4) is 0 Å². The number of hydrogen-bond acceptors (Lipinski definition) is 11. The Hall–Kier alpha value is -8.46. The Morgan fingerprint density at radius 2 is 0.934 bits per heavy atom. The van der Waals surface area contributed by atoms with Crippen LogP contribution in [0.25, 0.3) is 37.9 Å². The second-order valence-electron chi connectivity index (χ2n) is 25.9. The number of carbonyl (C=O) groups excluding carboxylic acids is 3. The van der Waals surface area contributed by atoms with Crippen molar-refractivity contribution in [3.63, 3.8) is 0 Å². The summed E-state index contributed by atoms with van der Waals surface area (Å²) in [6.07, 6.45) is 12.5. The average molecular weight is 1260 g/mol. The van der Waals surface area contributed by atoms with Gasteiger partial charge < -0.3 is 38.5 Å². The molecule has 23 heteroatoms. The van der Waals surface area contributed by atoms with E-state index in [1.165, 1.54) is 12.1 Å². The van der Waals surface area contributed by atoms with E-state index in [9.17, 15) is 51.7 Å². The maximum atomic E-state index is 14.1. The van der Waals surface area contributed by atoms with Crippen LogP contribution in [0.5, 0.6) is 11.5 Å². The third-order valence-corrected chi connectivity index (χ3v) is 17.7. The van der Waals surface area contributed by atoms with Gasteiger partial charge in [-0.05, 0) is 176 Å². The Labute approximate surface area is 523 Å². The molecule has 2 atom stereocenters. The fraction of sp³-hybridized carbons (Fsp3) is 0.456. The summed E-state index contributed by atoms with van der Waals surface area (Å²) in [6.45, 7) is 9.66. The molecule has 91 heavy (non-hydrogen) atoms. The van der Waals surface area contributed by atoms with E-state index in [4.69, 9.17) is 16.0 Å². The molecule has 0 bridgehead atoms. The molecule has 18 nitrogen and oxygen atoms in total. The number of aliphatic hydroxyl groups is 3. The van der Waals surface area contributed by atoms with E-state index >= 15 is 0 Å². The highest BCUT2D eigenvalue weighted by atomic mass is 19.3. The van der Waals surface area contributed by atoms with E-state index < -0.39 is 35.8 Å². The number of nitrogens with one attached hydrogen (secondary N) is 3. The van der Waals surface area contributed by atoms with Crippen molar-refractivity contribution in [2.24, 2.45) is 0 Å². The van der Waals surface area contributed by atoms with Gasteiger partial charge in [0.2, 0.25) is 41.3 Å². The number of benzene rings is 5. The van der Waals surface area contributed by atoms with Crippen LogP contribution >= 0.6 is 0 Å². The van der Waals surface area contributed by atoms with E-state index in [0.717, 1.165) is 111 Å². The number of fused-ring (bicyclic) bond motifs is 3. The fourth-order valence-corrected chi connectivity index (χ4v) is 12.0. The highest BCUT2D eigenvalue weighted by molar-refractivity contribution is 5.95. The second kappa shape index (κ2) is 26.0. The summed E-state index contributed by atoms with van der Waals surface area (Å²) in [6, 6.07) is 26.6. The normalized spacial score (nSPS) is 17.3. The van der Waals surface area contributed by atoms with Crippen molar-refractivity contribution in [3.8, 4) is 11.5 Å². The van der Waals surface area contributed by atoms with Crippen molar-refractivity contribution in [1.29, 1.82) is 0 Å². The van der Waals surface area contributed by atoms with Crippen molar-refractivity contribution in [2.45, 2.75) is 197 Å². The summed E-state index contributed by atoms with van der Waals surface area (Å²) in [7, 11) is 0. The molecule has 0 spiro atoms. The number of hydrogen-bond donors (Lipinski definition) is 6. The van der Waals surface area contributed by atoms with Crippen LogP contribution in [0.4, 0.5) is 45.5 Å². The molecule has 5 aromatic carbocycles. The average Bonchev–Trinajstić information content (AvgIpc) is 1.63. The number of carbonyl (C=O) groups is 3. The Bertz CT molecular complexity index is 4040. The number of anilines is 3. The molecule has 5 aliphatic carbocycles. The Kier molecular flexibility index (Phi) is 18.3. The van der Waals surface area contributed by atoms with Gasteiger partial charge in [0.05, 0.1) is 75.7 Å². The van der Waals surface area contributed by atoms with Gasteiger partial charge in [-0.3, -0.25) is 30.3 Å². The van der Waals surface area contributed by atoms with Gasteiger partial charge in [0, 0.05) is 30.3 Å². The molecule has 0 radical (unpaired) electrons. The first kappa shape index (κ1) is 64.1. The number of aromatic nitrogens is 6. The number of rotatable bonds is 20. The van der Waals surface area contributed by atoms with Crippen LogP contribution in [0, 0.1) is 19.3 Å². The maximum absolute atomic E-state index is 14.1. The van der Waals surface area contributed by atoms with Gasteiger partial charge >= 0.3 is 13.2 Å². The van der Waals surface area contributed by atoms with E-state index in [1.807, 2.05) is 63.1 Å². The second-order valence-corrected chi connectivity index (χ2v) is 25.9. The van der Waals surface area contributed by atoms with E-state index in [0.29, 0.717) is 51.0 Å². The maximum Gasteiger partial charge on any atom is 0.387 e. The molecule has 13 rings (SSSR count). The summed E-state index contributed by atoms with van der Waals surface area (Å²) >= 11 is 0. The molecule has 3 amide bonds. The lowest BCUT2D eigenvalue weighted by Gasteiger charge is -2.29. The number of halogens is 5. The number of amides is 3. The molecule has 0 aliphatic heterocycles. The Morgan fingerprint density at radius 1 is 0.560 bits per heavy atom. The summed E-state index contributed by atoms with van der Waals surface area (Å²) in [5, 5.41) is 40.0. The first-order valence-electron chi connectivity index (χ1n) is 31.1. The number of ether oxygens (including phenoxy) is 2. The zero-order valence-electron chi connectivity index (χ0n) is 51.4. The quantitative estimate of drug-likeness (QED) is 0.0311. The zero-order valence-corrected chi connectivity index (χ0v) is 51.4. The van der Waals surface area contributed by atoms with Crippen LogP contribution in [-0.4, -0.2) is 80.5 Å². The molecule has 8 aromatic rings. The third kappa shape index (κ3) is 14.8. The smallest absolute Gasteiger partial charge is 0.387 e. The minimum Gasteiger partial charge on any atom is -0.434 e. The Morgan fingerprint density at radius 3 is 1.29 bits per heavy atom. The number of imidazole rings is 3. The van der Waals surface area contributed by atoms with Gasteiger partial charge in [0.25, 0.3) is 0 Å². The lowest BCUT2D eigenvalue weighted by molar-refractivity contribution is -0.121. The van der Waals surface area contributed by atoms with Crippen LogP contribution in [-0.2, 0) is 25.6 Å². The molecule has 0 unspecified atom stereocenters. The van der Waals surface area contributed by atoms with Crippen molar-refractivity contribution in [1.82, 2.24) is 28.7 Å². The molecule has 480 valence electrons. The van der Waals surface area contributed by atoms with Gasteiger partial charge in [-0.1, -0.05) is 60.2 Å². The molecular weight excluding hydrogens is 1180 g/mol. The minimum absolute atomic E-state index is 0.0616. The fourth-order valence-electron chi connectivity index (χ4n) is 12.0. The van der Waals surface area contributed by atoms with Crippen molar-refractivity contribution in [2.75, 3.05) is 16.0 Å². The summed E-state index contributed by atoms with van der Waals surface area (Å²) in [4.78, 5) is 54.7. The minimum atomic E-state index is -2.91. The summed E-state index contributed by atoms with van der Waals surface area (Å²) in [5.74, 6) is 0.133. The molecule has 5 aliphatic rings. The number of aryl methyl sites for hydroxylation is 1. The first-order valence-corrected chi connectivity index (χ1v) is 31.1. The van der Waals surface area contributed by atoms with Crippen molar-refractivity contribution < 1.29 is 61.1 Å². The van der Waals surface area contributed by atoms with Crippen molar-refractivity contribution >= 4 is 74.4 Å². The molecule has 6 N–H and O–H groups in total. The molecule has 5 saturated carbocycles. The van der Waals surface area contributed by atoms with Gasteiger partial charge in [-0.2, -0.15) is 17.6 Å². The number of alkyl halides is 4. The largest absolute Gasteiger partial charge is 0.434 e. The van der Waals surface area contributed by atoms with Crippen LogP contribution in [0.2, 0.25) is 0 Å². The lowest BCUT2D eigenvalue weighted by Crippen LogP contribution is -2.30. The van der Waals surface area contributed by atoms with Gasteiger partial charge in [0.1, 0.15) is 17.3 Å². The van der Waals surface area contributed by atoms with E-state index in [2.05, 4.69) is 35.7 Å². The standard InChI is InChI=1S/C25H27F2N3O3.C23H23FN4O2.C20H25F2N3O3/c1-25(32,16-6-3-2-4-7-16)14-22(31)29-24-28-19-13-21(33-23(26)27)18(15-10-11-15)12-20(19)30(24)17-8-5-9-17;1-14-7-9-15(10-8-14)23(2,30)13-21(29)27-22-26-19-11-17(24)18(25-3)12-20(19)28(22)16-5-4-6-16;1-20(2,27)10-17(26)24-19-23-14-9-16(28-18(21)22)13(11-6-7-11)8-15(14)25(19)12-4-3-5-12/h2-4,6-7,12-13,15,17,23,32H,5,8-11,14H2,1H3,(H,28,29,31);7-12,16,30H,4-6,13H2,1-2H3,(H,26,27,29);8-9,11-12,18,27H,3-7,10H2,1-2H3,(H,23,24,26)/t25-;23-;/m00./s1. The Balaban J connectivity index is 0.000000141. The predicted molar refractivity (Wildman–Crippen MR) is 334 cm³/mol. The molecule has 0 saturated heterocycles. The van der Waals surface area contributed by atoms with Crippen LogP contribution in [0.15, 0.2) is 91.0 Å². The molecule has 3 aromatic heterocycles. The summed E-state index contributed by atoms with van der Waals surface area (Å²) in [5.41, 5.74) is 3.74. The highest BCUT2D eigenvalue weighted by Gasteiger charge is 2.36. The van der Waals surface area contributed by atoms with E-state index in [1.54, 1.807) is 64.1 Å². The SMILES string of the molecule is CC(C)(O)CC(=O)Nc1nc2cc(OC(F)F)c(C3CC3)cc2n1C1CCC1.C[C@](O)(CC(=O)Nc1nc2cc(OC(F)F)c(C3CC3)cc2n1C1CCC1)c1ccccc1.[C-]#[N+]c1cc2c(cc1F)nc(NC(=O)C[C@](C)(O)c1ccc(C)cc1)n2C1CCC1. The van der Waals surface area contributed by atoms with Crippen molar-refractivity contribution in [3.05, 3.63) is 136 Å². The van der Waals surface area contributed by atoms with Crippen LogP contribution < -0.4 is 25.4 Å². The molecule has 5 fully saturated rings. The van der Waals surface area contributed by atoms with Gasteiger partial charge in [-0.25, -0.2) is 24.2 Å². The molecule has 3 heterocycles. The zero-order chi connectivity index (χ0) is 64.7. The third-order valence-electron chi connectivity index (χ3n) is 17.7. The highest BCUT2D eigenvalue weighted by Crippen LogP contribution is 2.50. The van der Waals surface area contributed by atoms with Crippen LogP contribution in [0.1, 0.15) is 188 Å². The lowest BCUT2D eigenvalue weighted by atomic mass is 9.91. The topological polar surface area (TPSA) is 224 Å². The first-order chi connectivity index (χ1) is 43.3. The predicted octanol–water partition coefficient (Wildman–Crippen LogP) is 14.8. The van der Waals surface area contributed by atoms with E-state index in [-0.39, 0.29) is 84.1 Å². The monoisotopic (exact) mass is 1250 g/mol.